The summed E-state index contributed by atoms with van der Waals surface area (Å²) in [6, 6.07) is 5.80. The van der Waals surface area contributed by atoms with Crippen LogP contribution in [0.25, 0.3) is 10.9 Å². The second-order valence-electron chi connectivity index (χ2n) is 5.80. The Morgan fingerprint density at radius 3 is 2.91 bits per heavy atom. The molecule has 1 fully saturated rings. The van der Waals surface area contributed by atoms with Crippen LogP contribution in [-0.4, -0.2) is 37.3 Å². The lowest BCUT2D eigenvalue weighted by Gasteiger charge is -2.22. The van der Waals surface area contributed by atoms with Gasteiger partial charge in [0.25, 0.3) is 5.91 Å². The fourth-order valence-corrected chi connectivity index (χ4v) is 2.96. The molecule has 0 spiro atoms. The van der Waals surface area contributed by atoms with Crippen molar-refractivity contribution in [1.82, 2.24) is 9.88 Å². The van der Waals surface area contributed by atoms with Crippen LogP contribution in [-0.2, 0) is 11.8 Å². The molecule has 0 unspecified atom stereocenters. The van der Waals surface area contributed by atoms with Gasteiger partial charge in [0.05, 0.1) is 12.7 Å². The van der Waals surface area contributed by atoms with E-state index in [1.807, 2.05) is 36.0 Å². The number of hydrogen-bond acceptors (Lipinski definition) is 3. The molecule has 1 aromatic carbocycles. The number of nitrogens with zero attached hydrogens (tertiary/aromatic N) is 1. The van der Waals surface area contributed by atoms with E-state index in [9.17, 15) is 4.79 Å². The fourth-order valence-electron chi connectivity index (χ4n) is 2.96. The topological polar surface area (TPSA) is 52.5 Å². The van der Waals surface area contributed by atoms with E-state index < -0.39 is 0 Å². The third-order valence-corrected chi connectivity index (χ3v) is 4.33. The van der Waals surface area contributed by atoms with E-state index in [0.717, 1.165) is 42.7 Å². The Kier molecular flexibility index (Phi) is 4.34. The molecule has 5 heteroatoms. The molecule has 0 radical (unpaired) electrons. The number of aryl methyl sites for hydroxylation is 1. The fraction of sp³-hybridized carbons (Fsp3) is 0.471. The summed E-state index contributed by atoms with van der Waals surface area (Å²) in [5.74, 6) is 1.25. The highest BCUT2D eigenvalue weighted by Crippen LogP contribution is 2.25. The van der Waals surface area contributed by atoms with Gasteiger partial charge in [-0.2, -0.15) is 0 Å². The van der Waals surface area contributed by atoms with Crippen molar-refractivity contribution in [1.29, 1.82) is 0 Å². The van der Waals surface area contributed by atoms with Gasteiger partial charge >= 0.3 is 0 Å². The number of ether oxygens (including phenoxy) is 2. The van der Waals surface area contributed by atoms with Gasteiger partial charge in [0.1, 0.15) is 5.75 Å². The van der Waals surface area contributed by atoms with E-state index in [2.05, 4.69) is 5.32 Å². The first kappa shape index (κ1) is 14.9. The van der Waals surface area contributed by atoms with Gasteiger partial charge < -0.3 is 19.4 Å². The highest BCUT2D eigenvalue weighted by atomic mass is 16.5. The Hall–Kier alpha value is -2.01. The SMILES string of the molecule is COc1ccc2c(c1)c(C(=O)NCC1CCOCC1)cn2C. The van der Waals surface area contributed by atoms with Crippen LogP contribution in [0, 0.1) is 5.92 Å². The van der Waals surface area contributed by atoms with Crippen molar-refractivity contribution < 1.29 is 14.3 Å². The maximum Gasteiger partial charge on any atom is 0.253 e. The summed E-state index contributed by atoms with van der Waals surface area (Å²) >= 11 is 0. The molecule has 1 aromatic heterocycles. The zero-order valence-electron chi connectivity index (χ0n) is 13.1. The van der Waals surface area contributed by atoms with Crippen LogP contribution in [0.1, 0.15) is 23.2 Å². The second kappa shape index (κ2) is 6.40. The summed E-state index contributed by atoms with van der Waals surface area (Å²) in [5, 5.41) is 3.99. The molecular weight excluding hydrogens is 280 g/mol. The van der Waals surface area contributed by atoms with Gasteiger partial charge in [-0.3, -0.25) is 4.79 Å². The van der Waals surface area contributed by atoms with Crippen molar-refractivity contribution in [2.24, 2.45) is 13.0 Å². The number of amides is 1. The number of fused-ring (bicyclic) bond motifs is 1. The number of benzene rings is 1. The van der Waals surface area contributed by atoms with Gasteiger partial charge in [0.15, 0.2) is 0 Å². The Balaban J connectivity index is 1.77. The number of nitrogens with one attached hydrogen (secondary N) is 1. The lowest BCUT2D eigenvalue weighted by atomic mass is 10.0. The Morgan fingerprint density at radius 1 is 1.41 bits per heavy atom. The maximum absolute atomic E-state index is 12.5. The minimum atomic E-state index is -0.0228. The molecule has 22 heavy (non-hydrogen) atoms. The van der Waals surface area contributed by atoms with Crippen molar-refractivity contribution in [3.8, 4) is 5.75 Å². The molecule has 2 heterocycles. The summed E-state index contributed by atoms with van der Waals surface area (Å²) in [6.45, 7) is 2.31. The van der Waals surface area contributed by atoms with E-state index in [4.69, 9.17) is 9.47 Å². The summed E-state index contributed by atoms with van der Waals surface area (Å²) in [7, 11) is 3.58. The number of methoxy groups -OCH3 is 1. The molecule has 0 atom stereocenters. The van der Waals surface area contributed by atoms with Gasteiger partial charge in [-0.25, -0.2) is 0 Å². The molecule has 1 amide bonds. The molecule has 1 N–H and O–H groups in total. The predicted molar refractivity (Wildman–Crippen MR) is 85.3 cm³/mol. The largest absolute Gasteiger partial charge is 0.497 e. The van der Waals surface area contributed by atoms with Crippen molar-refractivity contribution in [2.45, 2.75) is 12.8 Å². The minimum Gasteiger partial charge on any atom is -0.497 e. The Morgan fingerprint density at radius 2 is 2.18 bits per heavy atom. The van der Waals surface area contributed by atoms with Gasteiger partial charge in [0, 0.05) is 43.9 Å². The van der Waals surface area contributed by atoms with E-state index in [1.165, 1.54) is 0 Å². The van der Waals surface area contributed by atoms with E-state index >= 15 is 0 Å². The molecule has 0 aliphatic carbocycles. The van der Waals surface area contributed by atoms with Crippen LogP contribution in [0.2, 0.25) is 0 Å². The molecule has 118 valence electrons. The summed E-state index contributed by atoms with van der Waals surface area (Å²) in [4.78, 5) is 12.5. The monoisotopic (exact) mass is 302 g/mol. The van der Waals surface area contributed by atoms with Crippen molar-refractivity contribution in [3.63, 3.8) is 0 Å². The summed E-state index contributed by atoms with van der Waals surface area (Å²) < 4.78 is 12.6. The van der Waals surface area contributed by atoms with Crippen LogP contribution < -0.4 is 10.1 Å². The lowest BCUT2D eigenvalue weighted by molar-refractivity contribution is 0.0643. The number of carbonyl (C=O) groups is 1. The lowest BCUT2D eigenvalue weighted by Crippen LogP contribution is -2.32. The van der Waals surface area contributed by atoms with Crippen LogP contribution in [0.5, 0.6) is 5.75 Å². The molecule has 1 saturated heterocycles. The highest BCUT2D eigenvalue weighted by Gasteiger charge is 2.18. The molecule has 0 bridgehead atoms. The maximum atomic E-state index is 12.5. The predicted octanol–water partition coefficient (Wildman–Crippen LogP) is 2.34. The molecular formula is C17H22N2O3. The van der Waals surface area contributed by atoms with Crippen molar-refractivity contribution >= 4 is 16.8 Å². The van der Waals surface area contributed by atoms with E-state index in [0.29, 0.717) is 18.0 Å². The Labute approximate surface area is 130 Å². The molecule has 0 saturated carbocycles. The van der Waals surface area contributed by atoms with Crippen molar-refractivity contribution in [2.75, 3.05) is 26.9 Å². The zero-order chi connectivity index (χ0) is 15.5. The highest BCUT2D eigenvalue weighted by molar-refractivity contribution is 6.07. The first-order valence-corrected chi connectivity index (χ1v) is 7.68. The average molecular weight is 302 g/mol. The quantitative estimate of drug-likeness (QED) is 0.943. The van der Waals surface area contributed by atoms with Gasteiger partial charge in [0.2, 0.25) is 0 Å². The zero-order valence-corrected chi connectivity index (χ0v) is 13.1. The summed E-state index contributed by atoms with van der Waals surface area (Å²) in [5.41, 5.74) is 1.72. The van der Waals surface area contributed by atoms with Gasteiger partial charge in [-0.15, -0.1) is 0 Å². The number of hydrogen-bond donors (Lipinski definition) is 1. The summed E-state index contributed by atoms with van der Waals surface area (Å²) in [6.07, 6.45) is 3.91. The normalized spacial score (nSPS) is 15.9. The van der Waals surface area contributed by atoms with Crippen LogP contribution in [0.3, 0.4) is 0 Å². The minimum absolute atomic E-state index is 0.0228. The van der Waals surface area contributed by atoms with Crippen LogP contribution >= 0.6 is 0 Å². The van der Waals surface area contributed by atoms with Gasteiger partial charge in [-0.1, -0.05) is 0 Å². The first-order valence-electron chi connectivity index (χ1n) is 7.68. The number of rotatable bonds is 4. The van der Waals surface area contributed by atoms with Gasteiger partial charge in [-0.05, 0) is 37.0 Å². The van der Waals surface area contributed by atoms with E-state index in [-0.39, 0.29) is 5.91 Å². The third kappa shape index (κ3) is 2.95. The molecule has 1 aliphatic heterocycles. The molecule has 5 nitrogen and oxygen atoms in total. The molecule has 2 aromatic rings. The average Bonchev–Trinajstić information content (AvgIpc) is 2.90. The van der Waals surface area contributed by atoms with E-state index in [1.54, 1.807) is 7.11 Å². The van der Waals surface area contributed by atoms with Crippen LogP contribution in [0.15, 0.2) is 24.4 Å². The second-order valence-corrected chi connectivity index (χ2v) is 5.80. The number of carbonyl (C=O) groups excluding carboxylic acids is 1. The van der Waals surface area contributed by atoms with Crippen LogP contribution in [0.4, 0.5) is 0 Å². The first-order chi connectivity index (χ1) is 10.7. The standard InChI is InChI=1S/C17H22N2O3/c1-19-11-15(14-9-13(21-2)3-4-16(14)19)17(20)18-10-12-5-7-22-8-6-12/h3-4,9,11-12H,5-8,10H2,1-2H3,(H,18,20). The number of aromatic nitrogens is 1. The Bertz CT molecular complexity index is 672. The molecule has 1 aliphatic rings. The third-order valence-electron chi connectivity index (χ3n) is 4.33. The smallest absolute Gasteiger partial charge is 0.253 e. The van der Waals surface area contributed by atoms with Crippen molar-refractivity contribution in [3.05, 3.63) is 30.0 Å². The molecule has 3 rings (SSSR count).